The van der Waals surface area contributed by atoms with Gasteiger partial charge in [-0.25, -0.2) is 8.42 Å². The van der Waals surface area contributed by atoms with Gasteiger partial charge >= 0.3 is 0 Å². The average molecular weight is 231 g/mol. The van der Waals surface area contributed by atoms with E-state index in [-0.39, 0.29) is 5.75 Å². The van der Waals surface area contributed by atoms with Crippen molar-refractivity contribution in [3.8, 4) is 0 Å². The molecule has 0 spiro atoms. The van der Waals surface area contributed by atoms with Crippen molar-refractivity contribution in [2.75, 3.05) is 16.7 Å². The summed E-state index contributed by atoms with van der Waals surface area (Å²) in [7, 11) is -3.16. The van der Waals surface area contributed by atoms with Crippen LogP contribution in [-0.4, -0.2) is 20.4 Å². The molecule has 1 aromatic carbocycles. The highest BCUT2D eigenvalue weighted by molar-refractivity contribution is 7.98. The van der Waals surface area contributed by atoms with Gasteiger partial charge in [0.15, 0.2) is 0 Å². The second kappa shape index (κ2) is 4.70. The SMILES string of the molecule is CCS(=O)(=O)Nc1cccc(SC)c1. The lowest BCUT2D eigenvalue weighted by atomic mass is 10.3. The Labute approximate surface area is 89.0 Å². The minimum atomic E-state index is -3.16. The zero-order valence-electron chi connectivity index (χ0n) is 8.15. The highest BCUT2D eigenvalue weighted by Crippen LogP contribution is 2.19. The molecule has 1 rings (SSSR count). The molecule has 0 amide bonds. The summed E-state index contributed by atoms with van der Waals surface area (Å²) in [5.41, 5.74) is 0.624. The van der Waals surface area contributed by atoms with Gasteiger partial charge in [0.05, 0.1) is 5.75 Å². The third kappa shape index (κ3) is 3.23. The van der Waals surface area contributed by atoms with Crippen LogP contribution in [0.1, 0.15) is 6.92 Å². The molecule has 0 fully saturated rings. The molecule has 14 heavy (non-hydrogen) atoms. The lowest BCUT2D eigenvalue weighted by molar-refractivity contribution is 0.602. The van der Waals surface area contributed by atoms with Gasteiger partial charge in [0, 0.05) is 10.6 Å². The molecule has 0 aliphatic heterocycles. The van der Waals surface area contributed by atoms with Crippen LogP contribution in [0, 0.1) is 0 Å². The summed E-state index contributed by atoms with van der Waals surface area (Å²) < 4.78 is 25.0. The van der Waals surface area contributed by atoms with Crippen molar-refractivity contribution in [3.05, 3.63) is 24.3 Å². The molecule has 0 aliphatic rings. The Morgan fingerprint density at radius 2 is 2.14 bits per heavy atom. The smallest absolute Gasteiger partial charge is 0.232 e. The summed E-state index contributed by atoms with van der Waals surface area (Å²) in [4.78, 5) is 1.04. The van der Waals surface area contributed by atoms with Crippen LogP contribution in [-0.2, 0) is 10.0 Å². The van der Waals surface area contributed by atoms with Gasteiger partial charge < -0.3 is 0 Å². The lowest BCUT2D eigenvalue weighted by Gasteiger charge is -2.06. The van der Waals surface area contributed by atoms with Crippen LogP contribution in [0.4, 0.5) is 5.69 Å². The highest BCUT2D eigenvalue weighted by Gasteiger charge is 2.06. The van der Waals surface area contributed by atoms with E-state index in [0.29, 0.717) is 5.69 Å². The molecule has 0 heterocycles. The van der Waals surface area contributed by atoms with Crippen molar-refractivity contribution in [2.24, 2.45) is 0 Å². The fourth-order valence-electron chi connectivity index (χ4n) is 0.938. The quantitative estimate of drug-likeness (QED) is 0.808. The first kappa shape index (κ1) is 11.4. The number of rotatable bonds is 4. The summed E-state index contributed by atoms with van der Waals surface area (Å²) in [6, 6.07) is 7.33. The van der Waals surface area contributed by atoms with Gasteiger partial charge in [-0.15, -0.1) is 11.8 Å². The summed E-state index contributed by atoms with van der Waals surface area (Å²) in [6.07, 6.45) is 1.95. The summed E-state index contributed by atoms with van der Waals surface area (Å²) in [6.45, 7) is 1.61. The van der Waals surface area contributed by atoms with Gasteiger partial charge in [-0.2, -0.15) is 0 Å². The van der Waals surface area contributed by atoms with E-state index in [0.717, 1.165) is 4.90 Å². The molecule has 0 aliphatic carbocycles. The van der Waals surface area contributed by atoms with E-state index in [4.69, 9.17) is 0 Å². The Hall–Kier alpha value is -0.680. The van der Waals surface area contributed by atoms with Crippen molar-refractivity contribution in [3.63, 3.8) is 0 Å². The van der Waals surface area contributed by atoms with Gasteiger partial charge in [-0.05, 0) is 31.4 Å². The number of hydrogen-bond donors (Lipinski definition) is 1. The van der Waals surface area contributed by atoms with Crippen LogP contribution in [0.3, 0.4) is 0 Å². The molecule has 3 nitrogen and oxygen atoms in total. The van der Waals surface area contributed by atoms with Gasteiger partial charge in [0.1, 0.15) is 0 Å². The number of benzene rings is 1. The molecule has 0 saturated carbocycles. The highest BCUT2D eigenvalue weighted by atomic mass is 32.2. The Morgan fingerprint density at radius 3 is 2.71 bits per heavy atom. The summed E-state index contributed by atoms with van der Waals surface area (Å²) >= 11 is 1.58. The van der Waals surface area contributed by atoms with E-state index in [2.05, 4.69) is 4.72 Å². The van der Waals surface area contributed by atoms with E-state index in [1.165, 1.54) is 0 Å². The molecule has 1 N–H and O–H groups in total. The third-order valence-corrected chi connectivity index (χ3v) is 3.76. The molecule has 5 heteroatoms. The molecule has 0 radical (unpaired) electrons. The zero-order valence-corrected chi connectivity index (χ0v) is 9.78. The van der Waals surface area contributed by atoms with E-state index in [1.54, 1.807) is 24.8 Å². The largest absolute Gasteiger partial charge is 0.284 e. The normalized spacial score (nSPS) is 11.3. The second-order valence-electron chi connectivity index (χ2n) is 2.74. The summed E-state index contributed by atoms with van der Waals surface area (Å²) in [5.74, 6) is 0.0937. The first-order valence-electron chi connectivity index (χ1n) is 4.22. The van der Waals surface area contributed by atoms with E-state index in [1.807, 2.05) is 24.5 Å². The molecule has 0 saturated heterocycles. The van der Waals surface area contributed by atoms with Crippen molar-refractivity contribution in [1.29, 1.82) is 0 Å². The van der Waals surface area contributed by atoms with E-state index < -0.39 is 10.0 Å². The number of anilines is 1. The monoisotopic (exact) mass is 231 g/mol. The van der Waals surface area contributed by atoms with Gasteiger partial charge in [-0.3, -0.25) is 4.72 Å². The fraction of sp³-hybridized carbons (Fsp3) is 0.333. The van der Waals surface area contributed by atoms with Crippen molar-refractivity contribution < 1.29 is 8.42 Å². The van der Waals surface area contributed by atoms with Gasteiger partial charge in [0.2, 0.25) is 10.0 Å². The van der Waals surface area contributed by atoms with Crippen molar-refractivity contribution in [2.45, 2.75) is 11.8 Å². The first-order valence-corrected chi connectivity index (χ1v) is 7.09. The van der Waals surface area contributed by atoms with Crippen LogP contribution in [0.5, 0.6) is 0 Å². The molecular weight excluding hydrogens is 218 g/mol. The number of thioether (sulfide) groups is 1. The van der Waals surface area contributed by atoms with Crippen LogP contribution in [0.15, 0.2) is 29.2 Å². The Balaban J connectivity index is 2.87. The third-order valence-electron chi connectivity index (χ3n) is 1.72. The Kier molecular flexibility index (Phi) is 3.83. The topological polar surface area (TPSA) is 46.2 Å². The van der Waals surface area contributed by atoms with Gasteiger partial charge in [0.25, 0.3) is 0 Å². The standard InChI is InChI=1S/C9H13NO2S2/c1-3-14(11,12)10-8-5-4-6-9(7-8)13-2/h4-7,10H,3H2,1-2H3. The van der Waals surface area contributed by atoms with Crippen LogP contribution in [0.25, 0.3) is 0 Å². The van der Waals surface area contributed by atoms with Crippen molar-refractivity contribution >= 4 is 27.5 Å². The maximum atomic E-state index is 11.3. The Bertz CT molecular complexity index is 401. The molecule has 0 bridgehead atoms. The predicted molar refractivity (Wildman–Crippen MR) is 61.3 cm³/mol. The predicted octanol–water partition coefficient (Wildman–Crippen LogP) is 2.17. The minimum absolute atomic E-state index is 0.0937. The van der Waals surface area contributed by atoms with Crippen LogP contribution >= 0.6 is 11.8 Å². The first-order chi connectivity index (χ1) is 6.57. The molecule has 78 valence electrons. The maximum Gasteiger partial charge on any atom is 0.232 e. The van der Waals surface area contributed by atoms with Crippen molar-refractivity contribution in [1.82, 2.24) is 0 Å². The minimum Gasteiger partial charge on any atom is -0.284 e. The Morgan fingerprint density at radius 1 is 1.43 bits per heavy atom. The van der Waals surface area contributed by atoms with E-state index in [9.17, 15) is 8.42 Å². The lowest BCUT2D eigenvalue weighted by Crippen LogP contribution is -2.14. The fourth-order valence-corrected chi connectivity index (χ4v) is 2.03. The average Bonchev–Trinajstić information content (AvgIpc) is 2.17. The summed E-state index contributed by atoms with van der Waals surface area (Å²) in [5, 5.41) is 0. The number of sulfonamides is 1. The van der Waals surface area contributed by atoms with Crippen LogP contribution in [0.2, 0.25) is 0 Å². The zero-order chi connectivity index (χ0) is 10.6. The van der Waals surface area contributed by atoms with Gasteiger partial charge in [-0.1, -0.05) is 6.07 Å². The molecular formula is C9H13NO2S2. The van der Waals surface area contributed by atoms with Crippen LogP contribution < -0.4 is 4.72 Å². The molecule has 0 unspecified atom stereocenters. The second-order valence-corrected chi connectivity index (χ2v) is 5.63. The molecule has 1 aromatic rings. The van der Waals surface area contributed by atoms with E-state index >= 15 is 0 Å². The molecule has 0 aromatic heterocycles. The molecule has 0 atom stereocenters. The number of nitrogens with one attached hydrogen (secondary N) is 1. The maximum absolute atomic E-state index is 11.3. The number of hydrogen-bond acceptors (Lipinski definition) is 3.